The van der Waals surface area contributed by atoms with Gasteiger partial charge in [-0.05, 0) is 74.2 Å². The van der Waals surface area contributed by atoms with E-state index in [4.69, 9.17) is 18.9 Å². The van der Waals surface area contributed by atoms with Crippen LogP contribution in [0.1, 0.15) is 37.8 Å². The molecule has 34 heavy (non-hydrogen) atoms. The van der Waals surface area contributed by atoms with Crippen LogP contribution in [0.25, 0.3) is 0 Å². The number of benzene rings is 2. The molecule has 1 atom stereocenters. The molecular weight excluding hydrogens is 496 g/mol. The van der Waals surface area contributed by atoms with Crippen molar-refractivity contribution >= 4 is 0 Å². The summed E-state index contributed by atoms with van der Waals surface area (Å²) in [5, 5.41) is 10.2. The van der Waals surface area contributed by atoms with Crippen LogP contribution in [0.4, 0.5) is 0 Å². The molecule has 0 saturated heterocycles. The first-order valence-electron chi connectivity index (χ1n) is 11.4. The van der Waals surface area contributed by atoms with E-state index in [0.29, 0.717) is 11.5 Å². The quantitative estimate of drug-likeness (QED) is 0.393. The highest BCUT2D eigenvalue weighted by Gasteiger charge is 2.36. The van der Waals surface area contributed by atoms with Crippen LogP contribution in [0.3, 0.4) is 0 Å². The summed E-state index contributed by atoms with van der Waals surface area (Å²) in [6, 6.07) is 14.5. The van der Waals surface area contributed by atoms with E-state index in [-0.39, 0.29) is 22.9 Å². The van der Waals surface area contributed by atoms with E-state index in [0.717, 1.165) is 49.4 Å². The lowest BCUT2D eigenvalue weighted by atomic mass is 9.69. The molecule has 0 bridgehead atoms. The van der Waals surface area contributed by atoms with Crippen LogP contribution >= 0.6 is 0 Å². The first-order valence-corrected chi connectivity index (χ1v) is 11.4. The van der Waals surface area contributed by atoms with Gasteiger partial charge in [-0.2, -0.15) is 5.26 Å². The Kier molecular flexibility index (Phi) is 12.3. The molecule has 0 heterocycles. The zero-order valence-electron chi connectivity index (χ0n) is 21.5. The monoisotopic (exact) mass is 533 g/mol. The number of rotatable bonds is 13. The number of nitrogens with zero attached hydrogens (tertiary/aromatic N) is 2. The van der Waals surface area contributed by atoms with E-state index in [2.05, 4.69) is 37.9 Å². The van der Waals surface area contributed by atoms with Crippen molar-refractivity contribution in [2.45, 2.75) is 38.5 Å². The molecule has 0 saturated carbocycles. The minimum atomic E-state index is -0.580. The molecule has 2 rings (SSSR count). The molecule has 0 aliphatic heterocycles. The lowest BCUT2D eigenvalue weighted by Crippen LogP contribution is -3.00. The highest BCUT2D eigenvalue weighted by molar-refractivity contribution is 5.47. The fraction of sp³-hybridized carbons (Fsp3) is 0.519. The third-order valence-electron chi connectivity index (χ3n) is 6.42. The van der Waals surface area contributed by atoms with Crippen LogP contribution in [0.2, 0.25) is 0 Å². The van der Waals surface area contributed by atoms with E-state index in [1.54, 1.807) is 28.4 Å². The van der Waals surface area contributed by atoms with Crippen LogP contribution < -0.4 is 35.9 Å². The van der Waals surface area contributed by atoms with Crippen molar-refractivity contribution in [2.24, 2.45) is 5.92 Å². The number of likely N-dealkylation sites (N-methyl/N-ethyl adjacent to an activating group) is 1. The molecule has 0 aliphatic rings. The highest BCUT2D eigenvalue weighted by atomic mass is 79.9. The normalized spacial score (nSPS) is 12.5. The van der Waals surface area contributed by atoms with Gasteiger partial charge in [-0.3, -0.25) is 0 Å². The van der Waals surface area contributed by atoms with E-state index >= 15 is 0 Å². The number of halogens is 1. The lowest BCUT2D eigenvalue weighted by Gasteiger charge is -2.32. The van der Waals surface area contributed by atoms with E-state index in [1.165, 1.54) is 5.56 Å². The standard InChI is InChI=1S/C27H38N2O4.BrH/c1-20(2)27(19-28,22-10-12-24(31-5)26(18-22)33-7)14-8-15-29(3)16-13-21-9-11-23(30-4)25(17-21)32-6;/h9-12,17-18,20H,8,13-16H2,1-7H3;1H/p-1. The van der Waals surface area contributed by atoms with Gasteiger partial charge in [0.15, 0.2) is 23.0 Å². The average Bonchev–Trinajstić information content (AvgIpc) is 2.84. The first kappa shape index (κ1) is 29.6. The molecule has 2 aromatic rings. The van der Waals surface area contributed by atoms with Crippen molar-refractivity contribution in [3.8, 4) is 29.1 Å². The number of nitriles is 1. The van der Waals surface area contributed by atoms with Crippen molar-refractivity contribution in [2.75, 3.05) is 48.6 Å². The molecule has 1 unspecified atom stereocenters. The van der Waals surface area contributed by atoms with Crippen LogP contribution in [0, 0.1) is 17.2 Å². The number of hydrogen-bond acceptors (Lipinski definition) is 6. The summed E-state index contributed by atoms with van der Waals surface area (Å²) in [5.41, 5.74) is 1.60. The zero-order valence-corrected chi connectivity index (χ0v) is 23.1. The van der Waals surface area contributed by atoms with Gasteiger partial charge in [-0.15, -0.1) is 0 Å². The maximum atomic E-state index is 10.2. The molecule has 188 valence electrons. The van der Waals surface area contributed by atoms with E-state index < -0.39 is 5.41 Å². The first-order chi connectivity index (χ1) is 15.8. The molecule has 0 amide bonds. The van der Waals surface area contributed by atoms with Gasteiger partial charge in [-0.25, -0.2) is 0 Å². The Balaban J connectivity index is 0.00000578. The van der Waals surface area contributed by atoms with Crippen LogP contribution in [0.5, 0.6) is 23.0 Å². The fourth-order valence-electron chi connectivity index (χ4n) is 4.23. The Morgan fingerprint density at radius 2 is 1.41 bits per heavy atom. The Morgan fingerprint density at radius 3 is 1.94 bits per heavy atom. The van der Waals surface area contributed by atoms with Gasteiger partial charge < -0.3 is 40.8 Å². The van der Waals surface area contributed by atoms with Gasteiger partial charge in [0.25, 0.3) is 0 Å². The summed E-state index contributed by atoms with van der Waals surface area (Å²) in [6.45, 7) is 6.06. The predicted molar refractivity (Wildman–Crippen MR) is 132 cm³/mol. The van der Waals surface area contributed by atoms with Crippen LogP contribution in [-0.2, 0) is 11.8 Å². The Labute approximate surface area is 215 Å². The Hall–Kier alpha value is -2.43. The molecule has 0 fully saturated rings. The third kappa shape index (κ3) is 7.04. The van der Waals surface area contributed by atoms with E-state index in [9.17, 15) is 5.26 Å². The maximum absolute atomic E-state index is 10.2. The lowest BCUT2D eigenvalue weighted by molar-refractivity contribution is -0.00000833. The van der Waals surface area contributed by atoms with Crippen molar-refractivity contribution in [3.05, 3.63) is 47.5 Å². The Bertz CT molecular complexity index is 945. The van der Waals surface area contributed by atoms with Crippen LogP contribution in [0.15, 0.2) is 36.4 Å². The van der Waals surface area contributed by atoms with E-state index in [1.807, 2.05) is 30.3 Å². The summed E-state index contributed by atoms with van der Waals surface area (Å²) in [4.78, 5) is 2.31. The summed E-state index contributed by atoms with van der Waals surface area (Å²) >= 11 is 0. The predicted octanol–water partition coefficient (Wildman–Crippen LogP) is 2.10. The van der Waals surface area contributed by atoms with Crippen molar-refractivity contribution < 1.29 is 35.9 Å². The summed E-state index contributed by atoms with van der Waals surface area (Å²) in [6.07, 6.45) is 2.61. The largest absolute Gasteiger partial charge is 1.00 e. The van der Waals surface area contributed by atoms with Gasteiger partial charge in [0.2, 0.25) is 0 Å². The van der Waals surface area contributed by atoms with Crippen LogP contribution in [-0.4, -0.2) is 53.5 Å². The van der Waals surface area contributed by atoms with Gasteiger partial charge >= 0.3 is 0 Å². The average molecular weight is 535 g/mol. The van der Waals surface area contributed by atoms with Crippen molar-refractivity contribution in [1.29, 1.82) is 5.26 Å². The van der Waals surface area contributed by atoms with Gasteiger partial charge in [-0.1, -0.05) is 26.0 Å². The topological polar surface area (TPSA) is 64.0 Å². The number of ether oxygens (including phenoxy) is 4. The van der Waals surface area contributed by atoms with Crippen molar-refractivity contribution in [1.82, 2.24) is 4.90 Å². The second kappa shape index (κ2) is 14.1. The van der Waals surface area contributed by atoms with Gasteiger partial charge in [0, 0.05) is 6.54 Å². The van der Waals surface area contributed by atoms with Gasteiger partial charge in [0.1, 0.15) is 0 Å². The minimum absolute atomic E-state index is 0. The molecule has 2 aromatic carbocycles. The molecule has 7 heteroatoms. The zero-order chi connectivity index (χ0) is 24.4. The molecule has 0 spiro atoms. The van der Waals surface area contributed by atoms with Gasteiger partial charge in [0.05, 0.1) is 39.9 Å². The third-order valence-corrected chi connectivity index (χ3v) is 6.42. The minimum Gasteiger partial charge on any atom is -1.00 e. The molecule has 0 radical (unpaired) electrons. The molecular formula is C27H38BrN2O4-. The summed E-state index contributed by atoms with van der Waals surface area (Å²) < 4.78 is 21.6. The molecule has 6 nitrogen and oxygen atoms in total. The molecule has 0 aromatic heterocycles. The second-order valence-electron chi connectivity index (χ2n) is 8.65. The maximum Gasteiger partial charge on any atom is 0.161 e. The second-order valence-corrected chi connectivity index (χ2v) is 8.65. The van der Waals surface area contributed by atoms with Crippen molar-refractivity contribution in [3.63, 3.8) is 0 Å². The summed E-state index contributed by atoms with van der Waals surface area (Å²) in [7, 11) is 8.67. The number of hydrogen-bond donors (Lipinski definition) is 0. The highest BCUT2D eigenvalue weighted by Crippen LogP contribution is 2.40. The fourth-order valence-corrected chi connectivity index (χ4v) is 4.23. The Morgan fingerprint density at radius 1 is 0.853 bits per heavy atom. The SMILES string of the molecule is COc1ccc(CCN(C)CCCC(C#N)(c2ccc(OC)c(OC)c2)C(C)C)cc1OC.[Br-]. The summed E-state index contributed by atoms with van der Waals surface area (Å²) in [5.74, 6) is 2.99. The molecule has 0 aliphatic carbocycles. The molecule has 0 N–H and O–H groups in total. The smallest absolute Gasteiger partial charge is 0.161 e. The number of methoxy groups -OCH3 is 4.